The Labute approximate surface area is 200 Å². The fourth-order valence-corrected chi connectivity index (χ4v) is 4.46. The largest absolute Gasteiger partial charge is 0.360 e. The van der Waals surface area contributed by atoms with Crippen LogP contribution in [0.2, 0.25) is 0 Å². The maximum absolute atomic E-state index is 14.1. The minimum absolute atomic E-state index is 0.0931. The van der Waals surface area contributed by atoms with Gasteiger partial charge in [0.05, 0.1) is 17.8 Å². The average molecular weight is 460 g/mol. The minimum atomic E-state index is -0.260. The van der Waals surface area contributed by atoms with Gasteiger partial charge in [0.15, 0.2) is 11.5 Å². The lowest BCUT2D eigenvalue weighted by Crippen LogP contribution is -2.26. The van der Waals surface area contributed by atoms with Crippen LogP contribution in [0, 0.1) is 0 Å². The summed E-state index contributed by atoms with van der Waals surface area (Å²) < 4.78 is 1.77. The fraction of sp³-hybridized carbons (Fsp3) is 0.0741. The lowest BCUT2D eigenvalue weighted by Gasteiger charge is -2.22. The summed E-state index contributed by atoms with van der Waals surface area (Å²) in [6, 6.07) is 21.2. The van der Waals surface area contributed by atoms with Crippen LogP contribution in [-0.2, 0) is 0 Å². The summed E-state index contributed by atoms with van der Waals surface area (Å²) in [5.74, 6) is 0.597. The number of H-pyrrole nitrogens is 1. The predicted octanol–water partition coefficient (Wildman–Crippen LogP) is 4.89. The molecule has 8 nitrogen and oxygen atoms in total. The highest BCUT2D eigenvalue weighted by atomic mass is 16.1. The van der Waals surface area contributed by atoms with Crippen molar-refractivity contribution in [3.05, 3.63) is 108 Å². The Bertz CT molecular complexity index is 1710. The van der Waals surface area contributed by atoms with Crippen molar-refractivity contribution in [1.29, 1.82) is 0 Å². The molecule has 1 atom stereocenters. The Morgan fingerprint density at radius 3 is 2.69 bits per heavy atom. The number of rotatable bonds is 5. The summed E-state index contributed by atoms with van der Waals surface area (Å²) in [7, 11) is 0. The molecular weight excluding hydrogens is 438 g/mol. The van der Waals surface area contributed by atoms with E-state index in [1.807, 2.05) is 67.6 Å². The number of pyridine rings is 2. The summed E-state index contributed by atoms with van der Waals surface area (Å²) in [6.07, 6.45) is 6.58. The molecule has 0 saturated heterocycles. The van der Waals surface area contributed by atoms with E-state index in [4.69, 9.17) is 0 Å². The number of anilines is 1. The molecule has 0 saturated carbocycles. The molecule has 8 heteroatoms. The summed E-state index contributed by atoms with van der Waals surface area (Å²) in [6.45, 7) is 2.01. The van der Waals surface area contributed by atoms with Gasteiger partial charge in [-0.2, -0.15) is 0 Å². The number of imidazole rings is 1. The first-order valence-electron chi connectivity index (χ1n) is 11.3. The molecule has 0 unspecified atom stereocenters. The molecule has 0 bridgehead atoms. The second-order valence-corrected chi connectivity index (χ2v) is 8.24. The zero-order valence-corrected chi connectivity index (χ0v) is 18.9. The monoisotopic (exact) mass is 459 g/mol. The maximum Gasteiger partial charge on any atom is 0.263 e. The molecule has 4 heterocycles. The van der Waals surface area contributed by atoms with Gasteiger partial charge in [-0.1, -0.05) is 42.5 Å². The number of aromatic amines is 1. The number of hydrogen-bond acceptors (Lipinski definition) is 6. The standard InChI is InChI=1S/C27H21N7O/c1-17(33-26-24-25(30-15-29-24)31-16-32-26)22-13-18-7-5-11-21(19-8-6-12-28-14-19)23(18)27(35)34(22)20-9-3-2-4-10-20/h2-17H,1H3,(H2,29,30,31,32,33)/t17-/m0/s1. The highest BCUT2D eigenvalue weighted by molar-refractivity contribution is 5.96. The van der Waals surface area contributed by atoms with Crippen molar-refractivity contribution >= 4 is 27.8 Å². The first-order valence-corrected chi connectivity index (χ1v) is 11.3. The van der Waals surface area contributed by atoms with E-state index in [0.717, 1.165) is 27.9 Å². The molecule has 170 valence electrons. The van der Waals surface area contributed by atoms with Crippen molar-refractivity contribution in [2.75, 3.05) is 5.32 Å². The summed E-state index contributed by atoms with van der Waals surface area (Å²) >= 11 is 0. The molecule has 0 aliphatic heterocycles. The summed E-state index contributed by atoms with van der Waals surface area (Å²) in [5.41, 5.74) is 4.55. The molecule has 2 N–H and O–H groups in total. The Morgan fingerprint density at radius 2 is 1.86 bits per heavy atom. The van der Waals surface area contributed by atoms with Gasteiger partial charge in [-0.3, -0.25) is 14.3 Å². The van der Waals surface area contributed by atoms with E-state index >= 15 is 0 Å². The van der Waals surface area contributed by atoms with Crippen molar-refractivity contribution in [2.24, 2.45) is 0 Å². The molecule has 4 aromatic heterocycles. The van der Waals surface area contributed by atoms with Crippen LogP contribution in [0.5, 0.6) is 0 Å². The number of nitrogens with zero attached hydrogens (tertiary/aromatic N) is 5. The molecule has 0 radical (unpaired) electrons. The Hall–Kier alpha value is -4.85. The van der Waals surface area contributed by atoms with Crippen molar-refractivity contribution in [3.63, 3.8) is 0 Å². The fourth-order valence-electron chi connectivity index (χ4n) is 4.46. The Kier molecular flexibility index (Phi) is 5.03. The average Bonchev–Trinajstić information content (AvgIpc) is 3.39. The molecule has 0 amide bonds. The number of para-hydroxylation sites is 1. The van der Waals surface area contributed by atoms with Gasteiger partial charge in [0.2, 0.25) is 0 Å². The second kappa shape index (κ2) is 8.49. The third kappa shape index (κ3) is 3.61. The molecule has 6 aromatic rings. The number of aromatic nitrogens is 6. The number of benzene rings is 2. The molecule has 0 fully saturated rings. The van der Waals surface area contributed by atoms with E-state index in [1.54, 1.807) is 23.3 Å². The highest BCUT2D eigenvalue weighted by Crippen LogP contribution is 2.30. The van der Waals surface area contributed by atoms with E-state index in [0.29, 0.717) is 22.4 Å². The van der Waals surface area contributed by atoms with Gasteiger partial charge < -0.3 is 10.3 Å². The lowest BCUT2D eigenvalue weighted by molar-refractivity contribution is 0.774. The quantitative estimate of drug-likeness (QED) is 0.381. The summed E-state index contributed by atoms with van der Waals surface area (Å²) in [5, 5.41) is 4.94. The van der Waals surface area contributed by atoms with E-state index < -0.39 is 0 Å². The third-order valence-electron chi connectivity index (χ3n) is 6.08. The normalized spacial score (nSPS) is 12.1. The maximum atomic E-state index is 14.1. The van der Waals surface area contributed by atoms with Gasteiger partial charge in [-0.25, -0.2) is 15.0 Å². The van der Waals surface area contributed by atoms with Crippen LogP contribution < -0.4 is 10.9 Å². The van der Waals surface area contributed by atoms with Gasteiger partial charge in [0.1, 0.15) is 11.8 Å². The number of fused-ring (bicyclic) bond motifs is 2. The molecule has 2 aromatic carbocycles. The first-order chi connectivity index (χ1) is 17.2. The molecule has 35 heavy (non-hydrogen) atoms. The van der Waals surface area contributed by atoms with Gasteiger partial charge in [-0.15, -0.1) is 0 Å². The highest BCUT2D eigenvalue weighted by Gasteiger charge is 2.20. The molecule has 0 spiro atoms. The van der Waals surface area contributed by atoms with Gasteiger partial charge in [0.25, 0.3) is 5.56 Å². The minimum Gasteiger partial charge on any atom is -0.360 e. The smallest absolute Gasteiger partial charge is 0.263 e. The van der Waals surface area contributed by atoms with E-state index in [2.05, 4.69) is 36.3 Å². The lowest BCUT2D eigenvalue weighted by atomic mass is 9.99. The van der Waals surface area contributed by atoms with E-state index in [1.165, 1.54) is 6.33 Å². The number of hydrogen-bond donors (Lipinski definition) is 2. The van der Waals surface area contributed by atoms with Crippen molar-refractivity contribution in [3.8, 4) is 16.8 Å². The van der Waals surface area contributed by atoms with Crippen LogP contribution in [0.4, 0.5) is 5.82 Å². The Morgan fingerprint density at radius 1 is 0.971 bits per heavy atom. The predicted molar refractivity (Wildman–Crippen MR) is 136 cm³/mol. The third-order valence-corrected chi connectivity index (χ3v) is 6.08. The van der Waals surface area contributed by atoms with Gasteiger partial charge in [-0.05, 0) is 42.1 Å². The number of nitrogens with one attached hydrogen (secondary N) is 2. The molecule has 0 aliphatic carbocycles. The molecule has 6 rings (SSSR count). The van der Waals surface area contributed by atoms with Crippen LogP contribution in [0.25, 0.3) is 38.8 Å². The van der Waals surface area contributed by atoms with Crippen molar-refractivity contribution in [1.82, 2.24) is 29.5 Å². The van der Waals surface area contributed by atoms with Crippen LogP contribution in [-0.4, -0.2) is 29.5 Å². The summed E-state index contributed by atoms with van der Waals surface area (Å²) in [4.78, 5) is 34.3. The molecular formula is C27H21N7O. The zero-order chi connectivity index (χ0) is 23.8. The second-order valence-electron chi connectivity index (χ2n) is 8.24. The van der Waals surface area contributed by atoms with Crippen LogP contribution in [0.3, 0.4) is 0 Å². The first kappa shape index (κ1) is 20.7. The van der Waals surface area contributed by atoms with Crippen molar-refractivity contribution < 1.29 is 0 Å². The van der Waals surface area contributed by atoms with E-state index in [9.17, 15) is 4.79 Å². The van der Waals surface area contributed by atoms with Gasteiger partial charge in [0, 0.05) is 29.3 Å². The topological polar surface area (TPSA) is 101 Å². The van der Waals surface area contributed by atoms with Crippen LogP contribution >= 0.6 is 0 Å². The van der Waals surface area contributed by atoms with E-state index in [-0.39, 0.29) is 11.6 Å². The molecule has 0 aliphatic rings. The zero-order valence-electron chi connectivity index (χ0n) is 18.9. The van der Waals surface area contributed by atoms with Gasteiger partial charge >= 0.3 is 0 Å². The van der Waals surface area contributed by atoms with Crippen molar-refractivity contribution in [2.45, 2.75) is 13.0 Å². The van der Waals surface area contributed by atoms with Crippen LogP contribution in [0.15, 0.2) is 96.6 Å². The van der Waals surface area contributed by atoms with Crippen LogP contribution in [0.1, 0.15) is 18.7 Å². The Balaban J connectivity index is 1.58. The SMILES string of the molecule is C[C@H](Nc1ncnc2[nH]cnc12)c1cc2cccc(-c3cccnc3)c2c(=O)n1-c1ccccc1.